The molecule has 1 amide bonds. The number of benzene rings is 2. The number of aliphatic hydroxyl groups is 3. The summed E-state index contributed by atoms with van der Waals surface area (Å²) in [6.07, 6.45) is 6.19. The lowest BCUT2D eigenvalue weighted by atomic mass is 9.46. The van der Waals surface area contributed by atoms with Gasteiger partial charge in [0.2, 0.25) is 5.91 Å². The average Bonchev–Trinajstić information content (AvgIpc) is 4.02. The van der Waals surface area contributed by atoms with Crippen molar-refractivity contribution in [2.24, 2.45) is 11.3 Å². The monoisotopic (exact) mass is 991 g/mol. The number of methoxy groups -OCH3 is 1. The fraction of sp³-hybridized carbons (Fsp3) is 0.620. The number of H-pyrrole nitrogens is 1. The van der Waals surface area contributed by atoms with Crippen molar-refractivity contribution < 1.29 is 49.1 Å². The molecular weight excluding hydrogens is 923 g/mol. The van der Waals surface area contributed by atoms with Crippen molar-refractivity contribution in [1.29, 1.82) is 0 Å². The molecule has 2 aromatic carbocycles. The third-order valence-corrected chi connectivity index (χ3v) is 19.4. The maximum Gasteiger partial charge on any atom is 0.327 e. The molecule has 8 N–H and O–H groups in total. The number of nitrogens with zero attached hydrogens (tertiary/aromatic N) is 3. The highest BCUT2D eigenvalue weighted by Gasteiger charge is 2.79. The lowest BCUT2D eigenvalue weighted by Crippen LogP contribution is -2.84. The van der Waals surface area contributed by atoms with Gasteiger partial charge >= 0.3 is 5.97 Å². The van der Waals surface area contributed by atoms with E-state index in [4.69, 9.17) is 14.2 Å². The van der Waals surface area contributed by atoms with Crippen LogP contribution in [0.1, 0.15) is 74.8 Å². The Labute approximate surface area is 411 Å². The number of esters is 1. The number of nitrogens with one attached hydrogen (secondary N) is 4. The summed E-state index contributed by atoms with van der Waals surface area (Å²) in [6.45, 7) is 7.81. The lowest BCUT2D eigenvalue weighted by Gasteiger charge is -2.65. The van der Waals surface area contributed by atoms with E-state index in [1.54, 1.807) is 14.2 Å². The molecule has 19 heteroatoms. The third-order valence-electron chi connectivity index (χ3n) is 17.0. The Morgan fingerprint density at radius 1 is 1.06 bits per heavy atom. The second-order valence-corrected chi connectivity index (χ2v) is 22.9. The number of carbonyl (C=O) groups excluding carboxylic acids is 3. The number of aromatic amines is 1. The smallest absolute Gasteiger partial charge is 0.327 e. The predicted molar refractivity (Wildman–Crippen MR) is 265 cm³/mol. The summed E-state index contributed by atoms with van der Waals surface area (Å²) in [5.74, 6) is 0.572. The number of aliphatic hydroxyl groups excluding tert-OH is 1. The molecule has 1 spiro atoms. The summed E-state index contributed by atoms with van der Waals surface area (Å²) >= 11 is 0. The van der Waals surface area contributed by atoms with Gasteiger partial charge in [-0.15, -0.1) is 5.59 Å². The van der Waals surface area contributed by atoms with Crippen LogP contribution in [0.5, 0.6) is 5.75 Å². The van der Waals surface area contributed by atoms with Gasteiger partial charge in [-0.1, -0.05) is 65.8 Å². The Kier molecular flexibility index (Phi) is 14.2. The SMILES string of the molecule is CC[C@]1(O)CC2CN(CCc3c([nH]c4ccccc34)[C@@](COC=O)(c3cc4c(cc3OC)N(C)[C@@H]3[C@]45CCN4CC=C[C@@](CC)([C@@H](O)[C@]3(O)[C@H](NNO)C(=O)OCCSSCCC(=O)NC)[C@H]45)C2)C1. The number of ether oxygens (including phenoxy) is 3. The molecular formula is C50H69N7O10S2. The zero-order valence-electron chi connectivity index (χ0n) is 40.3. The Morgan fingerprint density at radius 3 is 2.59 bits per heavy atom. The molecule has 1 aliphatic carbocycles. The van der Waals surface area contributed by atoms with E-state index in [0.29, 0.717) is 88.3 Å². The van der Waals surface area contributed by atoms with Crippen molar-refractivity contribution in [1.82, 2.24) is 31.1 Å². The molecule has 3 fully saturated rings. The van der Waals surface area contributed by atoms with E-state index in [1.807, 2.05) is 61.7 Å². The largest absolute Gasteiger partial charge is 0.496 e. The molecule has 2 bridgehead atoms. The first-order chi connectivity index (χ1) is 33.2. The minimum absolute atomic E-state index is 0.0145. The van der Waals surface area contributed by atoms with Crippen LogP contribution in [0.2, 0.25) is 0 Å². The first-order valence-corrected chi connectivity index (χ1v) is 26.9. The van der Waals surface area contributed by atoms with Crippen molar-refractivity contribution >= 4 is 56.5 Å². The molecule has 6 heterocycles. The molecule has 1 saturated carbocycles. The molecule has 11 atom stereocenters. The fourth-order valence-corrected chi connectivity index (χ4v) is 16.1. The second-order valence-electron chi connectivity index (χ2n) is 20.2. The van der Waals surface area contributed by atoms with E-state index in [1.165, 1.54) is 21.6 Å². The number of carbonyl (C=O) groups is 3. The maximum absolute atomic E-state index is 14.6. The molecule has 17 nitrogen and oxygen atoms in total. The summed E-state index contributed by atoms with van der Waals surface area (Å²) in [4.78, 5) is 49.4. The first-order valence-electron chi connectivity index (χ1n) is 24.4. The van der Waals surface area contributed by atoms with Crippen LogP contribution in [-0.4, -0.2) is 168 Å². The molecule has 2 saturated heterocycles. The van der Waals surface area contributed by atoms with Crippen LogP contribution in [0.25, 0.3) is 10.9 Å². The van der Waals surface area contributed by atoms with Crippen LogP contribution in [0.15, 0.2) is 48.6 Å². The van der Waals surface area contributed by atoms with E-state index >= 15 is 0 Å². The van der Waals surface area contributed by atoms with Gasteiger partial charge in [0, 0.05) is 109 Å². The number of para-hydroxylation sites is 1. The number of aromatic nitrogens is 1. The van der Waals surface area contributed by atoms with Crippen molar-refractivity contribution in [2.75, 3.05) is 83.5 Å². The summed E-state index contributed by atoms with van der Waals surface area (Å²) in [5, 5.41) is 53.1. The van der Waals surface area contributed by atoms with E-state index in [0.717, 1.165) is 52.1 Å². The Bertz CT molecular complexity index is 2440. The van der Waals surface area contributed by atoms with Gasteiger partial charge < -0.3 is 49.9 Å². The summed E-state index contributed by atoms with van der Waals surface area (Å²) in [5.41, 5.74) is 3.77. The van der Waals surface area contributed by atoms with Crippen molar-refractivity contribution in [3.05, 3.63) is 70.9 Å². The number of fused-ring (bicyclic) bond motifs is 6. The summed E-state index contributed by atoms with van der Waals surface area (Å²) in [6, 6.07) is 9.47. The quantitative estimate of drug-likeness (QED) is 0.0229. The van der Waals surface area contributed by atoms with Gasteiger partial charge in [0.05, 0.1) is 30.3 Å². The molecule has 2 unspecified atom stereocenters. The summed E-state index contributed by atoms with van der Waals surface area (Å²) < 4.78 is 18.4. The topological polar surface area (TPSA) is 221 Å². The molecule has 6 aliphatic rings. The van der Waals surface area contributed by atoms with Gasteiger partial charge in [-0.25, -0.2) is 5.43 Å². The minimum atomic E-state index is -2.30. The highest BCUT2D eigenvalue weighted by atomic mass is 33.1. The predicted octanol–water partition coefficient (Wildman–Crippen LogP) is 3.16. The zero-order chi connectivity index (χ0) is 48.9. The summed E-state index contributed by atoms with van der Waals surface area (Å²) in [7, 11) is 8.03. The lowest BCUT2D eigenvalue weighted by molar-refractivity contribution is -0.221. The van der Waals surface area contributed by atoms with Crippen molar-refractivity contribution in [3.8, 4) is 5.75 Å². The number of rotatable bonds is 18. The zero-order valence-corrected chi connectivity index (χ0v) is 41.9. The number of anilines is 1. The normalized spacial score (nSPS) is 33.8. The molecule has 9 rings (SSSR count). The van der Waals surface area contributed by atoms with Crippen LogP contribution in [-0.2, 0) is 41.1 Å². The van der Waals surface area contributed by atoms with E-state index in [-0.39, 0.29) is 31.1 Å². The van der Waals surface area contributed by atoms with Crippen LogP contribution in [0.3, 0.4) is 0 Å². The number of amides is 1. The highest BCUT2D eigenvalue weighted by Crippen LogP contribution is 2.68. The van der Waals surface area contributed by atoms with E-state index in [2.05, 4.69) is 43.7 Å². The van der Waals surface area contributed by atoms with Gasteiger partial charge in [0.1, 0.15) is 24.6 Å². The van der Waals surface area contributed by atoms with Crippen LogP contribution >= 0.6 is 21.6 Å². The number of piperidine rings is 1. The third kappa shape index (κ3) is 7.97. The van der Waals surface area contributed by atoms with Crippen LogP contribution < -0.4 is 26.0 Å². The number of hydrogen-bond acceptors (Lipinski definition) is 17. The number of hydrogen-bond donors (Lipinski definition) is 8. The van der Waals surface area contributed by atoms with Gasteiger partial charge in [0.25, 0.3) is 6.47 Å². The first kappa shape index (κ1) is 50.1. The van der Waals surface area contributed by atoms with Crippen molar-refractivity contribution in [3.63, 3.8) is 0 Å². The van der Waals surface area contributed by atoms with E-state index < -0.39 is 51.6 Å². The maximum atomic E-state index is 14.6. The fourth-order valence-electron chi connectivity index (χ4n) is 14.3. The van der Waals surface area contributed by atoms with Crippen LogP contribution in [0, 0.1) is 11.3 Å². The molecule has 1 aromatic heterocycles. The molecule has 5 aliphatic heterocycles. The Morgan fingerprint density at radius 2 is 1.86 bits per heavy atom. The highest BCUT2D eigenvalue weighted by molar-refractivity contribution is 8.76. The average molecular weight is 992 g/mol. The van der Waals surface area contributed by atoms with Gasteiger partial charge in [-0.3, -0.25) is 24.2 Å². The van der Waals surface area contributed by atoms with Gasteiger partial charge in [0.15, 0.2) is 6.04 Å². The van der Waals surface area contributed by atoms with Gasteiger partial charge in [-0.2, -0.15) is 0 Å². The molecule has 69 heavy (non-hydrogen) atoms. The van der Waals surface area contributed by atoms with Crippen LogP contribution in [0.4, 0.5) is 5.69 Å². The van der Waals surface area contributed by atoms with Crippen molar-refractivity contribution in [2.45, 2.75) is 105 Å². The molecule has 3 aromatic rings. The molecule has 376 valence electrons. The number of hydrazine groups is 1. The number of likely N-dealkylation sites (N-methyl/N-ethyl adjacent to an activating group) is 1. The van der Waals surface area contributed by atoms with E-state index in [9.17, 15) is 34.9 Å². The Hall–Kier alpha value is -3.89. The second kappa shape index (κ2) is 19.6. The minimum Gasteiger partial charge on any atom is -0.496 e. The Balaban J connectivity index is 1.22. The molecule has 0 radical (unpaired) electrons. The van der Waals surface area contributed by atoms with Gasteiger partial charge in [-0.05, 0) is 74.2 Å². The standard InChI is InChI=1S/C50H69N7O10S2/c1-6-46(62)25-31-26-48(29-66-30-58,40-33(13-18-56(27-31)28-46)32-11-8-9-12-36(32)52-40)35-23-34-37(24-38(35)65-5)55(4)44-49(34)16-19-57-17-10-15-47(7-2,43(49)57)45(61)50(44,63)41(53-54-64)42(60)67-20-22-69-68-21-14-39(59)51-3/h8-12,15,23-24,30-31,41,43-45,52-54,61-64H,6-7,13-14,16-22,25-29H2,1-5H3,(H,51,59)/t31?,41-,43+,44-,45-,46+,47-,48+,49-,50+/m1/s1.